The second-order valence-electron chi connectivity index (χ2n) is 9.80. The van der Waals surface area contributed by atoms with Crippen LogP contribution in [0.15, 0.2) is 144 Å². The van der Waals surface area contributed by atoms with Crippen LogP contribution in [0, 0.1) is 0 Å². The molecule has 0 radical (unpaired) electrons. The Kier molecular flexibility index (Phi) is 5.80. The molecule has 0 bridgehead atoms. The lowest BCUT2D eigenvalue weighted by molar-refractivity contribution is 1.26. The molecule has 0 amide bonds. The molecule has 0 aromatic heterocycles. The maximum atomic E-state index is 3.76. The van der Waals surface area contributed by atoms with E-state index in [0.29, 0.717) is 0 Å². The van der Waals surface area contributed by atoms with E-state index in [0.717, 1.165) is 10.9 Å². The molecule has 0 unspecified atom stereocenters. The Balaban J connectivity index is 1.75. The molecule has 38 heavy (non-hydrogen) atoms. The van der Waals surface area contributed by atoms with Crippen molar-refractivity contribution in [1.82, 2.24) is 0 Å². The zero-order valence-corrected chi connectivity index (χ0v) is 22.5. The van der Waals surface area contributed by atoms with Gasteiger partial charge in [0.05, 0.1) is 0 Å². The monoisotopic (exact) mass is 548 g/mol. The number of hydrogen-bond acceptors (Lipinski definition) is 0. The third kappa shape index (κ3) is 3.83. The Morgan fingerprint density at radius 1 is 0.395 bits per heavy atom. The van der Waals surface area contributed by atoms with Gasteiger partial charge in [0.15, 0.2) is 0 Å². The molecule has 1 aliphatic carbocycles. The van der Waals surface area contributed by atoms with Crippen molar-refractivity contribution in [2.24, 2.45) is 0 Å². The molecule has 0 saturated carbocycles. The highest BCUT2D eigenvalue weighted by Crippen LogP contribution is 2.56. The van der Waals surface area contributed by atoms with Crippen LogP contribution in [0.4, 0.5) is 0 Å². The van der Waals surface area contributed by atoms with Gasteiger partial charge in [-0.2, -0.15) is 0 Å². The van der Waals surface area contributed by atoms with Crippen molar-refractivity contribution in [3.63, 3.8) is 0 Å². The van der Waals surface area contributed by atoms with Gasteiger partial charge >= 0.3 is 0 Å². The van der Waals surface area contributed by atoms with Gasteiger partial charge in [0, 0.05) is 4.47 Å². The average Bonchev–Trinajstić information content (AvgIpc) is 3.36. The molecule has 7 rings (SSSR count). The first kappa shape index (κ1) is 23.0. The predicted octanol–water partition coefficient (Wildman–Crippen LogP) is 10.7. The Bertz CT molecular complexity index is 1770. The van der Waals surface area contributed by atoms with Crippen molar-refractivity contribution in [3.8, 4) is 55.6 Å². The number of benzene rings is 6. The Hall–Kier alpha value is -4.20. The van der Waals surface area contributed by atoms with E-state index in [-0.39, 0.29) is 0 Å². The molecule has 0 saturated heterocycles. The molecule has 1 heteroatoms. The Morgan fingerprint density at radius 3 is 1.45 bits per heavy atom. The van der Waals surface area contributed by atoms with Gasteiger partial charge < -0.3 is 0 Å². The molecule has 0 fully saturated rings. The van der Waals surface area contributed by atoms with E-state index >= 15 is 0 Å². The smallest absolute Gasteiger partial charge is 0.0181 e. The summed E-state index contributed by atoms with van der Waals surface area (Å²) in [5.74, 6) is 0. The van der Waals surface area contributed by atoms with E-state index < -0.39 is 0 Å². The lowest BCUT2D eigenvalue weighted by Gasteiger charge is -2.26. The highest BCUT2D eigenvalue weighted by atomic mass is 79.9. The van der Waals surface area contributed by atoms with E-state index in [1.807, 2.05) is 0 Å². The second kappa shape index (κ2) is 9.59. The van der Waals surface area contributed by atoms with Gasteiger partial charge in [-0.3, -0.25) is 0 Å². The van der Waals surface area contributed by atoms with Crippen LogP contribution in [-0.4, -0.2) is 0 Å². The van der Waals surface area contributed by atoms with Crippen LogP contribution in [0.25, 0.3) is 55.6 Å². The Labute approximate surface area is 232 Å². The van der Waals surface area contributed by atoms with Crippen molar-refractivity contribution in [2.75, 3.05) is 0 Å². The molecule has 0 spiro atoms. The fourth-order valence-corrected chi connectivity index (χ4v) is 6.43. The highest BCUT2D eigenvalue weighted by molar-refractivity contribution is 9.10. The summed E-state index contributed by atoms with van der Waals surface area (Å²) in [6.07, 6.45) is 0.919. The largest absolute Gasteiger partial charge is 0.0622 e. The van der Waals surface area contributed by atoms with Gasteiger partial charge in [-0.1, -0.05) is 143 Å². The van der Waals surface area contributed by atoms with Gasteiger partial charge in [0.2, 0.25) is 0 Å². The van der Waals surface area contributed by atoms with Crippen LogP contribution in [0.3, 0.4) is 0 Å². The summed E-state index contributed by atoms with van der Waals surface area (Å²) in [5, 5.41) is 0. The van der Waals surface area contributed by atoms with Gasteiger partial charge in [-0.05, 0) is 85.3 Å². The number of halogens is 1. The SMILES string of the molecule is Brc1cccc(-c2c3c(c(-c4ccccc4)c(-c4ccccc4)c2-c2ccccc2)-c2ccccc2C3)c1. The Morgan fingerprint density at radius 2 is 0.868 bits per heavy atom. The first-order valence-corrected chi connectivity index (χ1v) is 13.8. The average molecular weight is 550 g/mol. The van der Waals surface area contributed by atoms with Crippen LogP contribution >= 0.6 is 15.9 Å². The minimum Gasteiger partial charge on any atom is -0.0622 e. The highest BCUT2D eigenvalue weighted by Gasteiger charge is 2.32. The summed E-state index contributed by atoms with van der Waals surface area (Å²) >= 11 is 3.76. The molecule has 6 aromatic rings. The first-order chi connectivity index (χ1) is 18.8. The molecule has 0 nitrogen and oxygen atoms in total. The maximum absolute atomic E-state index is 3.76. The summed E-state index contributed by atoms with van der Waals surface area (Å²) in [6.45, 7) is 0. The number of rotatable bonds is 4. The van der Waals surface area contributed by atoms with Crippen molar-refractivity contribution >= 4 is 15.9 Å². The van der Waals surface area contributed by atoms with Crippen molar-refractivity contribution in [3.05, 3.63) is 155 Å². The van der Waals surface area contributed by atoms with Gasteiger partial charge in [0.25, 0.3) is 0 Å². The van der Waals surface area contributed by atoms with E-state index in [2.05, 4.69) is 155 Å². The van der Waals surface area contributed by atoms with Gasteiger partial charge in [0.1, 0.15) is 0 Å². The molecule has 0 atom stereocenters. The third-order valence-corrected chi connectivity index (χ3v) is 8.05. The summed E-state index contributed by atoms with van der Waals surface area (Å²) in [7, 11) is 0. The molecule has 0 N–H and O–H groups in total. The summed E-state index contributed by atoms with van der Waals surface area (Å²) in [5.41, 5.74) is 15.7. The minimum absolute atomic E-state index is 0.919. The normalized spacial score (nSPS) is 11.7. The predicted molar refractivity (Wildman–Crippen MR) is 164 cm³/mol. The van der Waals surface area contributed by atoms with E-state index in [1.54, 1.807) is 0 Å². The van der Waals surface area contributed by atoms with Crippen LogP contribution in [0.1, 0.15) is 11.1 Å². The van der Waals surface area contributed by atoms with E-state index in [4.69, 9.17) is 0 Å². The maximum Gasteiger partial charge on any atom is 0.0181 e. The summed E-state index contributed by atoms with van der Waals surface area (Å²) in [4.78, 5) is 0. The fourth-order valence-electron chi connectivity index (χ4n) is 6.03. The molecule has 1 aliphatic rings. The zero-order chi connectivity index (χ0) is 25.5. The van der Waals surface area contributed by atoms with Crippen molar-refractivity contribution < 1.29 is 0 Å². The molecular weight excluding hydrogens is 524 g/mol. The lowest BCUT2D eigenvalue weighted by Crippen LogP contribution is -2.00. The minimum atomic E-state index is 0.919. The van der Waals surface area contributed by atoms with Crippen molar-refractivity contribution in [2.45, 2.75) is 6.42 Å². The van der Waals surface area contributed by atoms with Gasteiger partial charge in [-0.25, -0.2) is 0 Å². The molecular formula is C37H25Br. The third-order valence-electron chi connectivity index (χ3n) is 7.56. The van der Waals surface area contributed by atoms with Gasteiger partial charge in [-0.15, -0.1) is 0 Å². The number of hydrogen-bond donors (Lipinski definition) is 0. The molecule has 0 aliphatic heterocycles. The fraction of sp³-hybridized carbons (Fsp3) is 0.0270. The van der Waals surface area contributed by atoms with Crippen LogP contribution < -0.4 is 0 Å². The standard InChI is InChI=1S/C37H25Br/c38-30-21-12-20-29(23-30)33-32-24-28-19-10-11-22-31(28)37(32)36(27-17-8-3-9-18-27)35(26-15-6-2-7-16-26)34(33)25-13-4-1-5-14-25/h1-23H,24H2. The van der Waals surface area contributed by atoms with Crippen molar-refractivity contribution in [1.29, 1.82) is 0 Å². The van der Waals surface area contributed by atoms with E-state index in [9.17, 15) is 0 Å². The first-order valence-electron chi connectivity index (χ1n) is 13.0. The summed E-state index contributed by atoms with van der Waals surface area (Å²) in [6, 6.07) is 50.5. The van der Waals surface area contributed by atoms with Crippen LogP contribution in [0.5, 0.6) is 0 Å². The van der Waals surface area contributed by atoms with E-state index in [1.165, 1.54) is 66.8 Å². The molecule has 0 heterocycles. The quantitative estimate of drug-likeness (QED) is 0.205. The topological polar surface area (TPSA) is 0 Å². The lowest BCUT2D eigenvalue weighted by atomic mass is 9.77. The second-order valence-corrected chi connectivity index (χ2v) is 10.7. The van der Waals surface area contributed by atoms with Crippen LogP contribution in [-0.2, 0) is 6.42 Å². The zero-order valence-electron chi connectivity index (χ0n) is 20.9. The molecule has 180 valence electrons. The number of fused-ring (bicyclic) bond motifs is 3. The summed E-state index contributed by atoms with van der Waals surface area (Å²) < 4.78 is 1.09. The van der Waals surface area contributed by atoms with Crippen LogP contribution in [0.2, 0.25) is 0 Å². The molecule has 6 aromatic carbocycles.